The molecule has 0 unspecified atom stereocenters. The molecule has 0 aliphatic heterocycles. The minimum absolute atomic E-state index is 0.349. The van der Waals surface area contributed by atoms with Crippen molar-refractivity contribution in [3.63, 3.8) is 0 Å². The second-order valence-electron chi connectivity index (χ2n) is 6.34. The summed E-state index contributed by atoms with van der Waals surface area (Å²) in [5.74, 6) is 2.66. The van der Waals surface area contributed by atoms with E-state index < -0.39 is 0 Å². The predicted octanol–water partition coefficient (Wildman–Crippen LogP) is 4.42. The van der Waals surface area contributed by atoms with E-state index in [-0.39, 0.29) is 0 Å². The number of fused-ring (bicyclic) bond motifs is 3. The Kier molecular flexibility index (Phi) is 3.60. The van der Waals surface area contributed by atoms with E-state index in [1.807, 2.05) is 67.6 Å². The molecule has 6 nitrogen and oxygen atoms in total. The standard InChI is InChI=1S/C21H16N4O2/c1-14-5-4-6-15(11-14)26-12-16-9-10-19(27-16)20-23-21-17-7-2-3-8-18(17)22-13-25(21)24-20/h2-11,13H,12H2,1H3. The number of hydrogen-bond donors (Lipinski definition) is 0. The monoisotopic (exact) mass is 356 g/mol. The van der Waals surface area contributed by atoms with Gasteiger partial charge in [-0.15, -0.1) is 5.10 Å². The second-order valence-corrected chi connectivity index (χ2v) is 6.34. The molecule has 0 fully saturated rings. The third kappa shape index (κ3) is 2.91. The van der Waals surface area contributed by atoms with Crippen molar-refractivity contribution < 1.29 is 9.15 Å². The van der Waals surface area contributed by atoms with Gasteiger partial charge in [0.25, 0.3) is 0 Å². The highest BCUT2D eigenvalue weighted by Crippen LogP contribution is 2.23. The topological polar surface area (TPSA) is 65.5 Å². The van der Waals surface area contributed by atoms with Gasteiger partial charge in [-0.05, 0) is 48.9 Å². The first kappa shape index (κ1) is 15.6. The summed E-state index contributed by atoms with van der Waals surface area (Å²) in [6.07, 6.45) is 1.67. The van der Waals surface area contributed by atoms with Crippen LogP contribution in [0, 0.1) is 6.92 Å². The van der Waals surface area contributed by atoms with Crippen LogP contribution in [-0.2, 0) is 6.61 Å². The van der Waals surface area contributed by atoms with E-state index in [2.05, 4.69) is 15.1 Å². The van der Waals surface area contributed by atoms with Gasteiger partial charge in [-0.2, -0.15) is 0 Å². The van der Waals surface area contributed by atoms with Crippen molar-refractivity contribution >= 4 is 16.6 Å². The van der Waals surface area contributed by atoms with Crippen molar-refractivity contribution in [3.8, 4) is 17.3 Å². The largest absolute Gasteiger partial charge is 0.486 e. The second kappa shape index (κ2) is 6.25. The molecule has 0 bridgehead atoms. The summed E-state index contributed by atoms with van der Waals surface area (Å²) in [5.41, 5.74) is 2.79. The SMILES string of the molecule is Cc1cccc(OCc2ccc(-c3nc4c5ccccc5ncn4n3)o2)c1. The maximum absolute atomic E-state index is 5.88. The number of hydrogen-bond acceptors (Lipinski definition) is 5. The van der Waals surface area contributed by atoms with Gasteiger partial charge in [0.15, 0.2) is 11.4 Å². The molecule has 0 N–H and O–H groups in total. The van der Waals surface area contributed by atoms with Gasteiger partial charge in [0.2, 0.25) is 5.82 Å². The number of aryl methyl sites for hydroxylation is 1. The lowest BCUT2D eigenvalue weighted by molar-refractivity contribution is 0.271. The molecule has 0 aliphatic carbocycles. The van der Waals surface area contributed by atoms with Gasteiger partial charge in [0.1, 0.15) is 24.4 Å². The van der Waals surface area contributed by atoms with Crippen molar-refractivity contribution in [1.29, 1.82) is 0 Å². The summed E-state index contributed by atoms with van der Waals surface area (Å²) in [7, 11) is 0. The van der Waals surface area contributed by atoms with Crippen molar-refractivity contribution in [2.75, 3.05) is 0 Å². The van der Waals surface area contributed by atoms with E-state index >= 15 is 0 Å². The number of rotatable bonds is 4. The fourth-order valence-corrected chi connectivity index (χ4v) is 3.02. The molecule has 5 rings (SSSR count). The van der Waals surface area contributed by atoms with Gasteiger partial charge in [-0.25, -0.2) is 14.5 Å². The Morgan fingerprint density at radius 1 is 1.04 bits per heavy atom. The van der Waals surface area contributed by atoms with Gasteiger partial charge in [-0.3, -0.25) is 0 Å². The number of nitrogens with zero attached hydrogens (tertiary/aromatic N) is 4. The van der Waals surface area contributed by atoms with Crippen LogP contribution in [0.1, 0.15) is 11.3 Å². The number of furan rings is 1. The molecule has 0 atom stereocenters. The first-order valence-electron chi connectivity index (χ1n) is 8.65. The highest BCUT2D eigenvalue weighted by atomic mass is 16.5. The summed E-state index contributed by atoms with van der Waals surface area (Å²) in [5, 5.41) is 5.44. The molecule has 3 heterocycles. The number of para-hydroxylation sites is 1. The van der Waals surface area contributed by atoms with Crippen molar-refractivity contribution in [3.05, 3.63) is 78.3 Å². The minimum Gasteiger partial charge on any atom is -0.486 e. The summed E-state index contributed by atoms with van der Waals surface area (Å²) >= 11 is 0. The Hall–Kier alpha value is -3.67. The fourth-order valence-electron chi connectivity index (χ4n) is 3.02. The molecular weight excluding hydrogens is 340 g/mol. The van der Waals surface area contributed by atoms with E-state index in [9.17, 15) is 0 Å². The minimum atomic E-state index is 0.349. The van der Waals surface area contributed by atoms with Crippen LogP contribution in [0.15, 0.2) is 71.4 Å². The molecule has 0 saturated heterocycles. The van der Waals surface area contributed by atoms with E-state index in [0.29, 0.717) is 24.0 Å². The smallest absolute Gasteiger partial charge is 0.217 e. The maximum Gasteiger partial charge on any atom is 0.217 e. The highest BCUT2D eigenvalue weighted by molar-refractivity contribution is 5.91. The van der Waals surface area contributed by atoms with E-state index in [4.69, 9.17) is 9.15 Å². The zero-order valence-corrected chi connectivity index (χ0v) is 14.7. The molecule has 27 heavy (non-hydrogen) atoms. The lowest BCUT2D eigenvalue weighted by Crippen LogP contribution is -1.93. The molecule has 3 aromatic heterocycles. The van der Waals surface area contributed by atoms with Crippen LogP contribution >= 0.6 is 0 Å². The average Bonchev–Trinajstić information content (AvgIpc) is 3.33. The predicted molar refractivity (Wildman–Crippen MR) is 102 cm³/mol. The van der Waals surface area contributed by atoms with Crippen LogP contribution in [0.2, 0.25) is 0 Å². The van der Waals surface area contributed by atoms with Gasteiger partial charge in [0.05, 0.1) is 5.52 Å². The zero-order valence-electron chi connectivity index (χ0n) is 14.7. The van der Waals surface area contributed by atoms with E-state index in [0.717, 1.165) is 27.9 Å². The quantitative estimate of drug-likeness (QED) is 0.477. The third-order valence-corrected chi connectivity index (χ3v) is 4.34. The van der Waals surface area contributed by atoms with Gasteiger partial charge in [0, 0.05) is 5.39 Å². The van der Waals surface area contributed by atoms with Crippen molar-refractivity contribution in [2.24, 2.45) is 0 Å². The lowest BCUT2D eigenvalue weighted by Gasteiger charge is -2.04. The molecule has 6 heteroatoms. The number of ether oxygens (including phenoxy) is 1. The molecule has 0 radical (unpaired) electrons. The first-order chi connectivity index (χ1) is 13.3. The molecule has 5 aromatic rings. The van der Waals surface area contributed by atoms with Gasteiger partial charge in [-0.1, -0.05) is 24.3 Å². The molecule has 2 aromatic carbocycles. The van der Waals surface area contributed by atoms with Crippen LogP contribution in [0.5, 0.6) is 5.75 Å². The Bertz CT molecular complexity index is 1260. The van der Waals surface area contributed by atoms with Crippen LogP contribution in [0.25, 0.3) is 28.1 Å². The average molecular weight is 356 g/mol. The van der Waals surface area contributed by atoms with Gasteiger partial charge < -0.3 is 9.15 Å². The highest BCUT2D eigenvalue weighted by Gasteiger charge is 2.13. The summed E-state index contributed by atoms with van der Waals surface area (Å²) in [6, 6.07) is 19.5. The van der Waals surface area contributed by atoms with Crippen LogP contribution < -0.4 is 4.74 Å². The lowest BCUT2D eigenvalue weighted by atomic mass is 10.2. The Balaban J connectivity index is 1.43. The summed E-state index contributed by atoms with van der Waals surface area (Å²) in [4.78, 5) is 9.03. The molecule has 0 saturated carbocycles. The third-order valence-electron chi connectivity index (χ3n) is 4.34. The van der Waals surface area contributed by atoms with Crippen LogP contribution in [0.3, 0.4) is 0 Å². The molecule has 0 amide bonds. The molecule has 0 aliphatic rings. The molecule has 0 spiro atoms. The first-order valence-corrected chi connectivity index (χ1v) is 8.65. The van der Waals surface area contributed by atoms with Gasteiger partial charge >= 0.3 is 0 Å². The Labute approximate surface area is 155 Å². The number of benzene rings is 2. The Morgan fingerprint density at radius 2 is 1.96 bits per heavy atom. The van der Waals surface area contributed by atoms with Crippen LogP contribution in [-0.4, -0.2) is 19.6 Å². The van der Waals surface area contributed by atoms with E-state index in [1.165, 1.54) is 0 Å². The number of aromatic nitrogens is 4. The fraction of sp³-hybridized carbons (Fsp3) is 0.0952. The maximum atomic E-state index is 5.88. The van der Waals surface area contributed by atoms with Crippen molar-refractivity contribution in [1.82, 2.24) is 19.6 Å². The normalized spacial score (nSPS) is 11.3. The Morgan fingerprint density at radius 3 is 2.89 bits per heavy atom. The molecule has 132 valence electrons. The van der Waals surface area contributed by atoms with E-state index in [1.54, 1.807) is 10.8 Å². The zero-order chi connectivity index (χ0) is 18.2. The summed E-state index contributed by atoms with van der Waals surface area (Å²) < 4.78 is 13.3. The van der Waals surface area contributed by atoms with Crippen LogP contribution in [0.4, 0.5) is 0 Å². The van der Waals surface area contributed by atoms with Crippen molar-refractivity contribution in [2.45, 2.75) is 13.5 Å². The summed E-state index contributed by atoms with van der Waals surface area (Å²) in [6.45, 7) is 2.38. The molecular formula is C21H16N4O2.